The Morgan fingerprint density at radius 2 is 1.96 bits per heavy atom. The maximum absolute atomic E-state index is 13.1. The largest absolute Gasteiger partial charge is 0.349 e. The van der Waals surface area contributed by atoms with Crippen LogP contribution in [0.2, 0.25) is 0 Å². The number of piperidine rings is 1. The van der Waals surface area contributed by atoms with Crippen molar-refractivity contribution >= 4 is 5.91 Å². The molecule has 2 unspecified atom stereocenters. The second-order valence-corrected chi connectivity index (χ2v) is 7.63. The van der Waals surface area contributed by atoms with Crippen molar-refractivity contribution in [2.24, 2.45) is 11.8 Å². The summed E-state index contributed by atoms with van der Waals surface area (Å²) in [6.07, 6.45) is 4.63. The molecule has 5 nitrogen and oxygen atoms in total. The van der Waals surface area contributed by atoms with Gasteiger partial charge in [0.05, 0.1) is 17.9 Å². The number of hydrogen-bond acceptors (Lipinski definition) is 3. The van der Waals surface area contributed by atoms with E-state index in [-0.39, 0.29) is 17.8 Å². The summed E-state index contributed by atoms with van der Waals surface area (Å²) in [5.74, 6) is 0.826. The lowest BCUT2D eigenvalue weighted by Crippen LogP contribution is -2.34. The summed E-state index contributed by atoms with van der Waals surface area (Å²) < 4.78 is 14.9. The summed E-state index contributed by atoms with van der Waals surface area (Å²) in [4.78, 5) is 12.5. The maximum atomic E-state index is 13.1. The molecule has 2 aromatic rings. The molecule has 0 bridgehead atoms. The van der Waals surface area contributed by atoms with E-state index in [4.69, 9.17) is 0 Å². The highest BCUT2D eigenvalue weighted by Gasteiger charge is 2.23. The maximum Gasteiger partial charge on any atom is 0.220 e. The average molecular weight is 372 g/mol. The quantitative estimate of drug-likeness (QED) is 0.816. The van der Waals surface area contributed by atoms with Gasteiger partial charge in [0.1, 0.15) is 5.82 Å². The van der Waals surface area contributed by atoms with Crippen LogP contribution in [0.15, 0.2) is 30.5 Å². The van der Waals surface area contributed by atoms with E-state index in [9.17, 15) is 9.18 Å². The summed E-state index contributed by atoms with van der Waals surface area (Å²) in [6, 6.07) is 6.12. The van der Waals surface area contributed by atoms with Crippen molar-refractivity contribution < 1.29 is 9.18 Å². The second-order valence-electron chi connectivity index (χ2n) is 7.63. The molecule has 1 saturated heterocycles. The molecule has 1 fully saturated rings. The zero-order chi connectivity index (χ0) is 19.4. The molecule has 27 heavy (non-hydrogen) atoms. The van der Waals surface area contributed by atoms with Gasteiger partial charge in [0.2, 0.25) is 5.91 Å². The van der Waals surface area contributed by atoms with Crippen LogP contribution in [0.25, 0.3) is 5.69 Å². The molecule has 1 aliphatic heterocycles. The lowest BCUT2D eigenvalue weighted by molar-refractivity contribution is -0.123. The third-order valence-corrected chi connectivity index (χ3v) is 5.66. The number of nitrogens with one attached hydrogen (secondary N) is 2. The van der Waals surface area contributed by atoms with Gasteiger partial charge in [-0.15, -0.1) is 0 Å². The number of nitrogens with zero attached hydrogens (tertiary/aromatic N) is 2. The van der Waals surface area contributed by atoms with E-state index in [1.54, 1.807) is 23.0 Å². The molecule has 0 radical (unpaired) electrons. The Balaban J connectivity index is 1.61. The smallest absolute Gasteiger partial charge is 0.220 e. The summed E-state index contributed by atoms with van der Waals surface area (Å²) in [5.41, 5.74) is 2.72. The van der Waals surface area contributed by atoms with Gasteiger partial charge in [-0.2, -0.15) is 5.10 Å². The number of rotatable bonds is 6. The van der Waals surface area contributed by atoms with E-state index in [1.807, 2.05) is 13.8 Å². The molecular weight excluding hydrogens is 343 g/mol. The molecule has 2 heterocycles. The number of halogens is 1. The Hall–Kier alpha value is -2.21. The minimum atomic E-state index is -0.271. The van der Waals surface area contributed by atoms with E-state index in [0.717, 1.165) is 42.9 Å². The van der Waals surface area contributed by atoms with Crippen molar-refractivity contribution in [3.63, 3.8) is 0 Å². The molecule has 2 atom stereocenters. The third kappa shape index (κ3) is 4.75. The molecule has 0 spiro atoms. The minimum Gasteiger partial charge on any atom is -0.349 e. The van der Waals surface area contributed by atoms with Crippen molar-refractivity contribution in [2.45, 2.75) is 46.1 Å². The predicted octanol–water partition coefficient (Wildman–Crippen LogP) is 3.52. The highest BCUT2D eigenvalue weighted by atomic mass is 19.1. The predicted molar refractivity (Wildman–Crippen MR) is 104 cm³/mol. The highest BCUT2D eigenvalue weighted by Crippen LogP contribution is 2.25. The Morgan fingerprint density at radius 3 is 2.63 bits per heavy atom. The van der Waals surface area contributed by atoms with E-state index >= 15 is 0 Å². The van der Waals surface area contributed by atoms with Crippen LogP contribution in [0.4, 0.5) is 4.39 Å². The van der Waals surface area contributed by atoms with E-state index in [1.165, 1.54) is 12.1 Å². The number of benzene rings is 1. The lowest BCUT2D eigenvalue weighted by Gasteiger charge is -2.28. The van der Waals surface area contributed by atoms with E-state index < -0.39 is 0 Å². The zero-order valence-corrected chi connectivity index (χ0v) is 16.3. The normalized spacial score (nSPS) is 17.5. The molecule has 1 aliphatic rings. The van der Waals surface area contributed by atoms with Gasteiger partial charge >= 0.3 is 0 Å². The Morgan fingerprint density at radius 1 is 1.30 bits per heavy atom. The topological polar surface area (TPSA) is 59.0 Å². The third-order valence-electron chi connectivity index (χ3n) is 5.66. The summed E-state index contributed by atoms with van der Waals surface area (Å²) in [7, 11) is 0. The molecule has 1 aromatic heterocycles. The van der Waals surface area contributed by atoms with Gasteiger partial charge < -0.3 is 10.6 Å². The van der Waals surface area contributed by atoms with Crippen molar-refractivity contribution in [1.29, 1.82) is 0 Å². The minimum absolute atomic E-state index is 0.0856. The first-order chi connectivity index (χ1) is 13.0. The standard InChI is InChI=1S/C21H29FN4O/c1-14(17-8-10-23-11-9-17)12-21(27)25-15(2)20-13-24-26(16(20)3)19-6-4-18(22)5-7-19/h4-7,13-15,17,23H,8-12H2,1-3H3,(H,25,27). The van der Waals surface area contributed by atoms with Gasteiger partial charge in [-0.1, -0.05) is 6.92 Å². The van der Waals surface area contributed by atoms with Crippen LogP contribution in [0.1, 0.15) is 50.4 Å². The Kier molecular flexibility index (Phi) is 6.26. The van der Waals surface area contributed by atoms with Crippen molar-refractivity contribution in [3.8, 4) is 5.69 Å². The molecule has 0 aliphatic carbocycles. The van der Waals surface area contributed by atoms with Crippen LogP contribution in [0, 0.1) is 24.6 Å². The van der Waals surface area contributed by atoms with Crippen LogP contribution < -0.4 is 10.6 Å². The van der Waals surface area contributed by atoms with Crippen molar-refractivity contribution in [2.75, 3.05) is 13.1 Å². The molecule has 3 rings (SSSR count). The van der Waals surface area contributed by atoms with Crippen LogP contribution in [0.5, 0.6) is 0 Å². The summed E-state index contributed by atoms with van der Waals surface area (Å²) >= 11 is 0. The van der Waals surface area contributed by atoms with Crippen LogP contribution in [-0.2, 0) is 4.79 Å². The molecule has 0 saturated carbocycles. The Labute approximate surface area is 160 Å². The molecular formula is C21H29FN4O. The van der Waals surface area contributed by atoms with Gasteiger partial charge in [0.15, 0.2) is 0 Å². The first-order valence-corrected chi connectivity index (χ1v) is 9.76. The van der Waals surface area contributed by atoms with Crippen LogP contribution in [0.3, 0.4) is 0 Å². The van der Waals surface area contributed by atoms with Gasteiger partial charge in [-0.05, 0) is 75.9 Å². The monoisotopic (exact) mass is 372 g/mol. The average Bonchev–Trinajstić information content (AvgIpc) is 3.04. The van der Waals surface area contributed by atoms with Gasteiger partial charge in [-0.25, -0.2) is 9.07 Å². The van der Waals surface area contributed by atoms with E-state index in [2.05, 4.69) is 22.7 Å². The molecule has 1 amide bonds. The summed E-state index contributed by atoms with van der Waals surface area (Å²) in [5, 5.41) is 10.9. The van der Waals surface area contributed by atoms with E-state index in [0.29, 0.717) is 18.3 Å². The van der Waals surface area contributed by atoms with Crippen LogP contribution >= 0.6 is 0 Å². The number of amides is 1. The fourth-order valence-corrected chi connectivity index (χ4v) is 3.94. The SMILES string of the molecule is Cc1c(C(C)NC(=O)CC(C)C2CCNCC2)cnn1-c1ccc(F)cc1. The lowest BCUT2D eigenvalue weighted by atomic mass is 9.84. The van der Waals surface area contributed by atoms with Crippen molar-refractivity contribution in [1.82, 2.24) is 20.4 Å². The fourth-order valence-electron chi connectivity index (χ4n) is 3.94. The number of carbonyl (C=O) groups is 1. The molecule has 6 heteroatoms. The molecule has 2 N–H and O–H groups in total. The van der Waals surface area contributed by atoms with Crippen LogP contribution in [-0.4, -0.2) is 28.8 Å². The zero-order valence-electron chi connectivity index (χ0n) is 16.3. The van der Waals surface area contributed by atoms with Gasteiger partial charge in [0.25, 0.3) is 0 Å². The number of aromatic nitrogens is 2. The Bertz CT molecular complexity index is 765. The fraction of sp³-hybridized carbons (Fsp3) is 0.524. The second kappa shape index (κ2) is 8.65. The first-order valence-electron chi connectivity index (χ1n) is 9.76. The first kappa shape index (κ1) is 19.5. The highest BCUT2D eigenvalue weighted by molar-refractivity contribution is 5.76. The number of carbonyl (C=O) groups excluding carboxylic acids is 1. The number of hydrogen-bond donors (Lipinski definition) is 2. The molecule has 146 valence electrons. The van der Waals surface area contributed by atoms with Gasteiger partial charge in [0, 0.05) is 17.7 Å². The van der Waals surface area contributed by atoms with Gasteiger partial charge in [-0.3, -0.25) is 4.79 Å². The van der Waals surface area contributed by atoms with Crippen molar-refractivity contribution in [3.05, 3.63) is 47.5 Å². The summed E-state index contributed by atoms with van der Waals surface area (Å²) in [6.45, 7) is 8.22. The molecule has 1 aromatic carbocycles.